The van der Waals surface area contributed by atoms with E-state index < -0.39 is 0 Å². The Morgan fingerprint density at radius 2 is 1.63 bits per heavy atom. The molecule has 2 aromatic carbocycles. The van der Waals surface area contributed by atoms with Gasteiger partial charge in [-0.1, -0.05) is 42.5 Å². The van der Waals surface area contributed by atoms with E-state index in [2.05, 4.69) is 75.7 Å². The third-order valence-corrected chi connectivity index (χ3v) is 4.74. The van der Waals surface area contributed by atoms with Gasteiger partial charge in [0.2, 0.25) is 0 Å². The number of fused-ring (bicyclic) bond motifs is 1. The quantitative estimate of drug-likeness (QED) is 0.537. The Hall–Kier alpha value is -3.27. The monoisotopic (exact) mass is 354 g/mol. The fraction of sp³-hybridized carbons (Fsp3) is 0.174. The number of pyridine rings is 1. The summed E-state index contributed by atoms with van der Waals surface area (Å²) in [4.78, 5) is 13.2. The van der Waals surface area contributed by atoms with E-state index in [4.69, 9.17) is 0 Å². The van der Waals surface area contributed by atoms with E-state index >= 15 is 0 Å². The lowest BCUT2D eigenvalue weighted by atomic mass is 10.0. The second-order valence-electron chi connectivity index (χ2n) is 6.81. The molecule has 0 fully saturated rings. The molecule has 0 saturated heterocycles. The highest BCUT2D eigenvalue weighted by atomic mass is 15.0. The van der Waals surface area contributed by atoms with Gasteiger partial charge in [0.05, 0.1) is 5.39 Å². The molecule has 0 radical (unpaired) electrons. The molecule has 1 N–H and O–H groups in total. The minimum atomic E-state index is 0.713. The van der Waals surface area contributed by atoms with Gasteiger partial charge in [0.1, 0.15) is 12.1 Å². The molecule has 4 nitrogen and oxygen atoms in total. The van der Waals surface area contributed by atoms with E-state index in [1.54, 1.807) is 6.33 Å². The van der Waals surface area contributed by atoms with Crippen molar-refractivity contribution in [1.29, 1.82) is 0 Å². The molecule has 134 valence electrons. The summed E-state index contributed by atoms with van der Waals surface area (Å²) in [6.45, 7) is 4.07. The first-order valence-corrected chi connectivity index (χ1v) is 9.18. The third-order valence-electron chi connectivity index (χ3n) is 4.74. The molecule has 0 unspecified atom stereocenters. The average molecular weight is 354 g/mol. The maximum atomic E-state index is 4.49. The van der Waals surface area contributed by atoms with Crippen LogP contribution in [0.25, 0.3) is 11.0 Å². The standard InChI is InChI=1S/C23H22N4/c1-16-8-10-19(12-11-18-6-4-3-5-7-18)14-21(16)27-23-20-13-9-17(2)26-22(20)24-15-25-23/h3-10,13-15H,11-12H2,1-2H3,(H,24,25,26,27). The van der Waals surface area contributed by atoms with Crippen LogP contribution >= 0.6 is 0 Å². The zero-order chi connectivity index (χ0) is 18.6. The normalized spacial score (nSPS) is 10.9. The molecule has 27 heavy (non-hydrogen) atoms. The van der Waals surface area contributed by atoms with E-state index in [-0.39, 0.29) is 0 Å². The fourth-order valence-corrected chi connectivity index (χ4v) is 3.16. The number of aromatic nitrogens is 3. The highest BCUT2D eigenvalue weighted by Gasteiger charge is 2.08. The molecule has 0 saturated carbocycles. The van der Waals surface area contributed by atoms with Crippen molar-refractivity contribution in [2.24, 2.45) is 0 Å². The average Bonchev–Trinajstić information content (AvgIpc) is 2.69. The molecule has 0 spiro atoms. The lowest BCUT2D eigenvalue weighted by molar-refractivity contribution is 0.959. The lowest BCUT2D eigenvalue weighted by Crippen LogP contribution is -2.00. The van der Waals surface area contributed by atoms with E-state index in [9.17, 15) is 0 Å². The minimum absolute atomic E-state index is 0.713. The van der Waals surface area contributed by atoms with Crippen LogP contribution in [0.4, 0.5) is 11.5 Å². The summed E-state index contributed by atoms with van der Waals surface area (Å²) >= 11 is 0. The first-order valence-electron chi connectivity index (χ1n) is 9.18. The van der Waals surface area contributed by atoms with Crippen molar-refractivity contribution in [2.45, 2.75) is 26.7 Å². The van der Waals surface area contributed by atoms with Crippen LogP contribution in [0.3, 0.4) is 0 Å². The number of hydrogen-bond acceptors (Lipinski definition) is 4. The number of nitrogens with zero attached hydrogens (tertiary/aromatic N) is 3. The van der Waals surface area contributed by atoms with Crippen LogP contribution < -0.4 is 5.32 Å². The Morgan fingerprint density at radius 3 is 2.48 bits per heavy atom. The van der Waals surface area contributed by atoms with E-state index in [1.165, 1.54) is 16.7 Å². The van der Waals surface area contributed by atoms with Crippen LogP contribution in [0.2, 0.25) is 0 Å². The molecule has 2 heterocycles. The predicted octanol–water partition coefficient (Wildman–Crippen LogP) is 5.17. The molecule has 0 aliphatic rings. The van der Waals surface area contributed by atoms with Crippen LogP contribution in [-0.2, 0) is 12.8 Å². The van der Waals surface area contributed by atoms with Crippen molar-refractivity contribution in [3.63, 3.8) is 0 Å². The summed E-state index contributed by atoms with van der Waals surface area (Å²) in [6, 6.07) is 21.2. The minimum Gasteiger partial charge on any atom is -0.339 e. The molecular weight excluding hydrogens is 332 g/mol. The second kappa shape index (κ2) is 7.54. The van der Waals surface area contributed by atoms with Gasteiger partial charge in [-0.15, -0.1) is 0 Å². The number of benzene rings is 2. The Bertz CT molecular complexity index is 1070. The topological polar surface area (TPSA) is 50.7 Å². The van der Waals surface area contributed by atoms with Crippen molar-refractivity contribution in [3.8, 4) is 0 Å². The maximum Gasteiger partial charge on any atom is 0.164 e. The highest BCUT2D eigenvalue weighted by molar-refractivity contribution is 5.88. The SMILES string of the molecule is Cc1ccc2c(Nc3cc(CCc4ccccc4)ccc3C)ncnc2n1. The van der Waals surface area contributed by atoms with Crippen LogP contribution in [-0.4, -0.2) is 15.0 Å². The summed E-state index contributed by atoms with van der Waals surface area (Å²) in [5.41, 5.74) is 6.58. The lowest BCUT2D eigenvalue weighted by Gasteiger charge is -2.13. The molecule has 0 bridgehead atoms. The number of aryl methyl sites for hydroxylation is 4. The first kappa shape index (κ1) is 17.2. The Labute approximate surface area is 159 Å². The highest BCUT2D eigenvalue weighted by Crippen LogP contribution is 2.25. The molecule has 0 atom stereocenters. The zero-order valence-electron chi connectivity index (χ0n) is 15.6. The van der Waals surface area contributed by atoms with E-state index in [0.717, 1.165) is 35.4 Å². The van der Waals surface area contributed by atoms with Gasteiger partial charge in [0.25, 0.3) is 0 Å². The summed E-state index contributed by atoms with van der Waals surface area (Å²) < 4.78 is 0. The van der Waals surface area contributed by atoms with Gasteiger partial charge in [0.15, 0.2) is 5.65 Å². The van der Waals surface area contributed by atoms with Gasteiger partial charge in [-0.25, -0.2) is 15.0 Å². The predicted molar refractivity (Wildman–Crippen MR) is 110 cm³/mol. The van der Waals surface area contributed by atoms with Crippen molar-refractivity contribution in [2.75, 3.05) is 5.32 Å². The molecule has 0 amide bonds. The number of anilines is 2. The van der Waals surface area contributed by atoms with Crippen molar-refractivity contribution in [1.82, 2.24) is 15.0 Å². The Morgan fingerprint density at radius 1 is 0.815 bits per heavy atom. The van der Waals surface area contributed by atoms with Gasteiger partial charge in [-0.2, -0.15) is 0 Å². The maximum absolute atomic E-state index is 4.49. The van der Waals surface area contributed by atoms with Crippen LogP contribution in [0, 0.1) is 13.8 Å². The zero-order valence-corrected chi connectivity index (χ0v) is 15.6. The third kappa shape index (κ3) is 3.95. The van der Waals surface area contributed by atoms with Crippen LogP contribution in [0.1, 0.15) is 22.4 Å². The second-order valence-corrected chi connectivity index (χ2v) is 6.81. The molecule has 0 aliphatic carbocycles. The van der Waals surface area contributed by atoms with Crippen molar-refractivity contribution < 1.29 is 0 Å². The number of hydrogen-bond donors (Lipinski definition) is 1. The van der Waals surface area contributed by atoms with Crippen LogP contribution in [0.15, 0.2) is 67.0 Å². The summed E-state index contributed by atoms with van der Waals surface area (Å²) in [5.74, 6) is 0.788. The smallest absolute Gasteiger partial charge is 0.164 e. The van der Waals surface area contributed by atoms with Crippen LogP contribution in [0.5, 0.6) is 0 Å². The van der Waals surface area contributed by atoms with Gasteiger partial charge < -0.3 is 5.32 Å². The van der Waals surface area contributed by atoms with Gasteiger partial charge in [0, 0.05) is 11.4 Å². The first-order chi connectivity index (χ1) is 13.2. The Kier molecular flexibility index (Phi) is 4.79. The van der Waals surface area contributed by atoms with Gasteiger partial charge in [-0.05, 0) is 61.6 Å². The molecule has 4 rings (SSSR count). The largest absolute Gasteiger partial charge is 0.339 e. The van der Waals surface area contributed by atoms with E-state index in [0.29, 0.717) is 5.65 Å². The van der Waals surface area contributed by atoms with Gasteiger partial charge in [-0.3, -0.25) is 0 Å². The van der Waals surface area contributed by atoms with Crippen molar-refractivity contribution >= 4 is 22.5 Å². The molecular formula is C23H22N4. The molecule has 0 aliphatic heterocycles. The summed E-state index contributed by atoms with van der Waals surface area (Å²) in [6.07, 6.45) is 3.60. The molecule has 2 aromatic heterocycles. The summed E-state index contributed by atoms with van der Waals surface area (Å²) in [7, 11) is 0. The van der Waals surface area contributed by atoms with E-state index in [1.807, 2.05) is 19.1 Å². The fourth-order valence-electron chi connectivity index (χ4n) is 3.16. The molecule has 4 aromatic rings. The van der Waals surface area contributed by atoms with Crippen molar-refractivity contribution in [3.05, 3.63) is 89.4 Å². The summed E-state index contributed by atoms with van der Waals surface area (Å²) in [5, 5.41) is 4.41. The number of nitrogens with one attached hydrogen (secondary N) is 1. The Balaban J connectivity index is 1.59. The van der Waals surface area contributed by atoms with Gasteiger partial charge >= 0.3 is 0 Å². The number of rotatable bonds is 5. The molecule has 4 heteroatoms.